The van der Waals surface area contributed by atoms with Gasteiger partial charge in [-0.1, -0.05) is 17.3 Å². The van der Waals surface area contributed by atoms with E-state index in [0.29, 0.717) is 54.5 Å². The highest BCUT2D eigenvalue weighted by Gasteiger charge is 2.46. The van der Waals surface area contributed by atoms with Gasteiger partial charge in [-0.25, -0.2) is 18.1 Å². The Hall–Kier alpha value is -3.94. The highest BCUT2D eigenvalue weighted by atomic mass is 32.2. The third-order valence-corrected chi connectivity index (χ3v) is 11.8. The van der Waals surface area contributed by atoms with Crippen molar-refractivity contribution >= 4 is 27.0 Å². The number of hydrogen-bond donors (Lipinski definition) is 1. The van der Waals surface area contributed by atoms with Crippen LogP contribution in [0.3, 0.4) is 0 Å². The quantitative estimate of drug-likeness (QED) is 0.291. The van der Waals surface area contributed by atoms with Crippen LogP contribution in [0, 0.1) is 26.2 Å². The van der Waals surface area contributed by atoms with Crippen LogP contribution in [0.5, 0.6) is 5.88 Å². The minimum Gasteiger partial charge on any atom is -0.481 e. The van der Waals surface area contributed by atoms with E-state index in [1.54, 1.807) is 39.2 Å². The van der Waals surface area contributed by atoms with Crippen LogP contribution in [0.15, 0.2) is 41.6 Å². The van der Waals surface area contributed by atoms with Crippen molar-refractivity contribution in [1.82, 2.24) is 29.3 Å². The van der Waals surface area contributed by atoms with Gasteiger partial charge < -0.3 is 14.6 Å². The first-order valence-electron chi connectivity index (χ1n) is 16.1. The number of aromatic nitrogens is 5. The largest absolute Gasteiger partial charge is 0.481 e. The Morgan fingerprint density at radius 2 is 1.85 bits per heavy atom. The Morgan fingerprint density at radius 3 is 2.55 bits per heavy atom. The third kappa shape index (κ3) is 5.47. The molecule has 1 saturated carbocycles. The average molecular weight is 661 g/mol. The lowest BCUT2D eigenvalue weighted by atomic mass is 9.70. The van der Waals surface area contributed by atoms with Crippen LogP contribution < -0.4 is 4.74 Å². The number of rotatable bonds is 7. The normalized spacial score (nSPS) is 20.0. The molecule has 2 aliphatic heterocycles. The molecule has 1 atom stereocenters. The Kier molecular flexibility index (Phi) is 7.64. The maximum Gasteiger partial charge on any atom is 0.310 e. The van der Waals surface area contributed by atoms with Gasteiger partial charge in [-0.05, 0) is 87.4 Å². The molecular formula is C34H40N6O6S. The Balaban J connectivity index is 1.32. The van der Waals surface area contributed by atoms with E-state index in [0.717, 1.165) is 35.0 Å². The number of hydrogen-bond acceptors (Lipinski definition) is 9. The second-order valence-electron chi connectivity index (χ2n) is 13.9. The number of sulfonamides is 1. The first kappa shape index (κ1) is 31.6. The minimum atomic E-state index is -4.02. The number of fused-ring (bicyclic) bond motifs is 2. The van der Waals surface area contributed by atoms with Gasteiger partial charge in [0, 0.05) is 43.4 Å². The van der Waals surface area contributed by atoms with Crippen molar-refractivity contribution in [3.05, 3.63) is 70.2 Å². The summed E-state index contributed by atoms with van der Waals surface area (Å²) in [6.45, 7) is 10.1. The molecular weight excluding hydrogens is 620 g/mol. The summed E-state index contributed by atoms with van der Waals surface area (Å²) in [6, 6.07) is 7.83. The standard InChI is InChI=1S/C34H40N6O6S/c1-20-14-28-31(36-16-20)46-34(10-12-45-13-11-34)19-39(47(28,43)44)18-24-15-23(17-35-22(24)3)29(33(4,5)32(41)42)26-8-9-27-30(21(26)2)37-38-40(27)25-6-7-25/h8-9,14-17,25,29H,6-7,10-13,18-19H2,1-5H3,(H,41,42)/t29-/m1/s1. The molecule has 3 aromatic heterocycles. The molecule has 248 valence electrons. The Bertz CT molecular complexity index is 2000. The van der Waals surface area contributed by atoms with Crippen LogP contribution in [-0.4, -0.2) is 74.1 Å². The van der Waals surface area contributed by atoms with Crippen LogP contribution in [0.2, 0.25) is 0 Å². The lowest BCUT2D eigenvalue weighted by Crippen LogP contribution is -2.50. The summed E-state index contributed by atoms with van der Waals surface area (Å²) in [7, 11) is -4.02. The molecule has 13 heteroatoms. The summed E-state index contributed by atoms with van der Waals surface area (Å²) >= 11 is 0. The molecule has 12 nitrogen and oxygen atoms in total. The molecule has 1 saturated heterocycles. The zero-order chi connectivity index (χ0) is 33.3. The highest BCUT2D eigenvalue weighted by Crippen LogP contribution is 2.45. The number of aliphatic carboxylic acids is 1. The number of carboxylic acids is 1. The van der Waals surface area contributed by atoms with Crippen LogP contribution >= 0.6 is 0 Å². The zero-order valence-corrected chi connectivity index (χ0v) is 28.2. The Labute approximate surface area is 274 Å². The van der Waals surface area contributed by atoms with Gasteiger partial charge in [0.1, 0.15) is 16.0 Å². The molecule has 0 bridgehead atoms. The molecule has 3 aliphatic rings. The van der Waals surface area contributed by atoms with Crippen molar-refractivity contribution in [3.63, 3.8) is 0 Å². The van der Waals surface area contributed by atoms with E-state index >= 15 is 0 Å². The molecule has 2 fully saturated rings. The van der Waals surface area contributed by atoms with E-state index in [1.807, 2.05) is 36.7 Å². The van der Waals surface area contributed by atoms with Crippen molar-refractivity contribution in [1.29, 1.82) is 0 Å². The molecule has 7 rings (SSSR count). The number of carboxylic acid groups (broad SMARTS) is 1. The first-order chi connectivity index (χ1) is 22.3. The fourth-order valence-corrected chi connectivity index (χ4v) is 8.63. The van der Waals surface area contributed by atoms with Gasteiger partial charge in [0.15, 0.2) is 0 Å². The van der Waals surface area contributed by atoms with Crippen LogP contribution in [0.25, 0.3) is 11.0 Å². The molecule has 1 spiro atoms. The molecule has 1 aliphatic carbocycles. The maximum absolute atomic E-state index is 14.3. The predicted octanol–water partition coefficient (Wildman–Crippen LogP) is 4.86. The van der Waals surface area contributed by atoms with E-state index in [4.69, 9.17) is 14.5 Å². The van der Waals surface area contributed by atoms with Gasteiger partial charge in [0.25, 0.3) is 0 Å². The van der Waals surface area contributed by atoms with Crippen LogP contribution in [-0.2, 0) is 26.1 Å². The smallest absolute Gasteiger partial charge is 0.310 e. The summed E-state index contributed by atoms with van der Waals surface area (Å²) < 4.78 is 44.1. The van der Waals surface area contributed by atoms with Gasteiger partial charge in [0.2, 0.25) is 15.9 Å². The first-order valence-corrected chi connectivity index (χ1v) is 17.5. The van der Waals surface area contributed by atoms with Gasteiger partial charge in [-0.2, -0.15) is 4.31 Å². The average Bonchev–Trinajstić information content (AvgIpc) is 3.79. The van der Waals surface area contributed by atoms with Crippen molar-refractivity contribution in [2.24, 2.45) is 5.41 Å². The number of nitrogens with zero attached hydrogens (tertiary/aromatic N) is 6. The van der Waals surface area contributed by atoms with Gasteiger partial charge >= 0.3 is 5.97 Å². The number of aryl methyl sites for hydroxylation is 3. The lowest BCUT2D eigenvalue weighted by molar-refractivity contribution is -0.147. The highest BCUT2D eigenvalue weighted by molar-refractivity contribution is 7.89. The molecule has 1 aromatic carbocycles. The van der Waals surface area contributed by atoms with E-state index in [9.17, 15) is 18.3 Å². The molecule has 0 amide bonds. The third-order valence-electron chi connectivity index (χ3n) is 10.1. The lowest BCUT2D eigenvalue weighted by Gasteiger charge is -2.38. The second-order valence-corrected chi connectivity index (χ2v) is 15.8. The molecule has 1 N–H and O–H groups in total. The molecule has 5 heterocycles. The SMILES string of the molecule is Cc1cnc2c(c1)S(=O)(=O)N(Cc1cc([C@H](c3ccc4c(nnn4C4CC4)c3C)C(C)(C)C(=O)O)cnc1C)CC1(CCOCC1)O2. The van der Waals surface area contributed by atoms with E-state index < -0.39 is 32.9 Å². The monoisotopic (exact) mass is 660 g/mol. The van der Waals surface area contributed by atoms with Crippen LogP contribution in [0.4, 0.5) is 0 Å². The van der Waals surface area contributed by atoms with Gasteiger partial charge in [0.05, 0.1) is 36.7 Å². The van der Waals surface area contributed by atoms with Gasteiger partial charge in [-0.15, -0.1) is 5.10 Å². The van der Waals surface area contributed by atoms with Crippen molar-refractivity contribution in [2.45, 2.75) is 89.3 Å². The number of benzene rings is 1. The second kappa shape index (κ2) is 11.3. The summed E-state index contributed by atoms with van der Waals surface area (Å²) in [5.41, 5.74) is 4.06. The molecule has 0 radical (unpaired) electrons. The number of carbonyl (C=O) groups is 1. The molecule has 4 aromatic rings. The van der Waals surface area contributed by atoms with E-state index in [-0.39, 0.29) is 23.9 Å². The number of pyridine rings is 2. The molecule has 0 unspecified atom stereocenters. The summed E-state index contributed by atoms with van der Waals surface area (Å²) in [5.74, 6) is -1.46. The van der Waals surface area contributed by atoms with E-state index in [1.165, 1.54) is 4.31 Å². The maximum atomic E-state index is 14.3. The summed E-state index contributed by atoms with van der Waals surface area (Å²) in [4.78, 5) is 22.0. The topological polar surface area (TPSA) is 150 Å². The minimum absolute atomic E-state index is 0.0301. The Morgan fingerprint density at radius 1 is 1.11 bits per heavy atom. The predicted molar refractivity (Wildman–Crippen MR) is 173 cm³/mol. The van der Waals surface area contributed by atoms with Crippen molar-refractivity contribution in [2.75, 3.05) is 19.8 Å². The van der Waals surface area contributed by atoms with Gasteiger partial charge in [-0.3, -0.25) is 9.78 Å². The summed E-state index contributed by atoms with van der Waals surface area (Å²) in [5, 5.41) is 19.4. The molecule has 47 heavy (non-hydrogen) atoms. The van der Waals surface area contributed by atoms with Crippen molar-refractivity contribution < 1.29 is 27.8 Å². The van der Waals surface area contributed by atoms with Crippen LogP contribution in [0.1, 0.15) is 85.0 Å². The fourth-order valence-electron chi connectivity index (χ4n) is 6.99. The summed E-state index contributed by atoms with van der Waals surface area (Å²) in [6.07, 6.45) is 6.51. The van der Waals surface area contributed by atoms with Crippen molar-refractivity contribution in [3.8, 4) is 5.88 Å². The number of ether oxygens (including phenoxy) is 2. The zero-order valence-electron chi connectivity index (χ0n) is 27.4. The van der Waals surface area contributed by atoms with E-state index in [2.05, 4.69) is 15.3 Å². The fraction of sp³-hybridized carbons (Fsp3) is 0.500.